The highest BCUT2D eigenvalue weighted by atomic mass is 16.6. The quantitative estimate of drug-likeness (QED) is 0.490. The molecule has 0 saturated carbocycles. The third kappa shape index (κ3) is 5.98. The number of hydrogen-bond acceptors (Lipinski definition) is 6. The molecule has 0 aliphatic heterocycles. The summed E-state index contributed by atoms with van der Waals surface area (Å²) in [5.74, 6) is 0.748. The molecule has 2 aromatic carbocycles. The molecule has 32 heavy (non-hydrogen) atoms. The lowest BCUT2D eigenvalue weighted by Gasteiger charge is -2.19. The number of aromatic nitrogens is 1. The van der Waals surface area contributed by atoms with Crippen molar-refractivity contribution in [3.8, 4) is 16.9 Å². The van der Waals surface area contributed by atoms with Gasteiger partial charge in [0.15, 0.2) is 0 Å². The minimum absolute atomic E-state index is 0.286. The van der Waals surface area contributed by atoms with E-state index in [9.17, 15) is 9.59 Å². The molecule has 0 aliphatic carbocycles. The Morgan fingerprint density at radius 2 is 1.62 bits per heavy atom. The number of methoxy groups -OCH3 is 1. The van der Waals surface area contributed by atoms with Gasteiger partial charge in [-0.05, 0) is 74.9 Å². The highest BCUT2D eigenvalue weighted by molar-refractivity contribution is 6.06. The summed E-state index contributed by atoms with van der Waals surface area (Å²) in [5, 5.41) is 5.43. The summed E-state index contributed by atoms with van der Waals surface area (Å²) < 4.78 is 10.3. The zero-order chi connectivity index (χ0) is 23.3. The van der Waals surface area contributed by atoms with Gasteiger partial charge in [0.25, 0.3) is 5.91 Å². The molecule has 0 atom stereocenters. The van der Waals surface area contributed by atoms with E-state index in [1.807, 2.05) is 6.07 Å². The standard InChI is InChI=1S/C24H26N4O4/c1-24(2,3)32-23(30)28-21-12-8-17(14-26-21)16-7-11-19(25)20(13-16)27-22(29)15-5-9-18(31-4)10-6-15/h5-14H,25H2,1-4H3,(H,27,29)(H,26,28,30). The Hall–Kier alpha value is -4.07. The van der Waals surface area contributed by atoms with Gasteiger partial charge in [-0.25, -0.2) is 9.78 Å². The molecule has 8 nitrogen and oxygen atoms in total. The SMILES string of the molecule is COc1ccc(C(=O)Nc2cc(-c3ccc(NC(=O)OC(C)(C)C)nc3)ccc2N)cc1. The normalized spacial score (nSPS) is 10.9. The lowest BCUT2D eigenvalue weighted by atomic mass is 10.1. The van der Waals surface area contributed by atoms with Gasteiger partial charge in [0.05, 0.1) is 18.5 Å². The number of benzene rings is 2. The zero-order valence-corrected chi connectivity index (χ0v) is 18.4. The van der Waals surface area contributed by atoms with Crippen LogP contribution in [0.1, 0.15) is 31.1 Å². The number of anilines is 3. The van der Waals surface area contributed by atoms with Crippen LogP contribution in [0, 0.1) is 0 Å². The van der Waals surface area contributed by atoms with Gasteiger partial charge in [0.1, 0.15) is 17.2 Å². The van der Waals surface area contributed by atoms with Crippen molar-refractivity contribution in [3.63, 3.8) is 0 Å². The second-order valence-electron chi connectivity index (χ2n) is 8.04. The first kappa shape index (κ1) is 22.6. The summed E-state index contributed by atoms with van der Waals surface area (Å²) in [7, 11) is 1.57. The number of nitrogens with two attached hydrogens (primary N) is 1. The Bertz CT molecular complexity index is 1100. The summed E-state index contributed by atoms with van der Waals surface area (Å²) in [6.45, 7) is 5.36. The van der Waals surface area contributed by atoms with E-state index >= 15 is 0 Å². The first-order valence-electron chi connectivity index (χ1n) is 9.96. The summed E-state index contributed by atoms with van der Waals surface area (Å²) >= 11 is 0. The number of carbonyl (C=O) groups excluding carboxylic acids is 2. The average Bonchev–Trinajstić information content (AvgIpc) is 2.74. The number of nitrogens with one attached hydrogen (secondary N) is 2. The first-order chi connectivity index (χ1) is 15.1. The Labute approximate surface area is 186 Å². The van der Waals surface area contributed by atoms with Crippen LogP contribution in [0.5, 0.6) is 5.75 Å². The highest BCUT2D eigenvalue weighted by Gasteiger charge is 2.16. The number of amides is 2. The number of hydrogen-bond donors (Lipinski definition) is 3. The predicted molar refractivity (Wildman–Crippen MR) is 125 cm³/mol. The van der Waals surface area contributed by atoms with Crippen LogP contribution in [-0.4, -0.2) is 29.7 Å². The van der Waals surface area contributed by atoms with E-state index in [4.69, 9.17) is 15.2 Å². The third-order valence-electron chi connectivity index (χ3n) is 4.38. The fourth-order valence-electron chi connectivity index (χ4n) is 2.83. The molecule has 0 bridgehead atoms. The molecule has 4 N–H and O–H groups in total. The topological polar surface area (TPSA) is 116 Å². The van der Waals surface area contributed by atoms with Crippen LogP contribution in [-0.2, 0) is 4.74 Å². The second-order valence-corrected chi connectivity index (χ2v) is 8.04. The van der Waals surface area contributed by atoms with Crippen molar-refractivity contribution in [1.29, 1.82) is 0 Å². The lowest BCUT2D eigenvalue weighted by molar-refractivity contribution is 0.0635. The Morgan fingerprint density at radius 3 is 2.22 bits per heavy atom. The minimum atomic E-state index is -0.597. The van der Waals surface area contributed by atoms with Crippen molar-refractivity contribution in [2.45, 2.75) is 26.4 Å². The molecule has 0 spiro atoms. The molecule has 1 heterocycles. The van der Waals surface area contributed by atoms with Crippen LogP contribution >= 0.6 is 0 Å². The van der Waals surface area contributed by atoms with E-state index in [0.717, 1.165) is 11.1 Å². The van der Waals surface area contributed by atoms with E-state index in [1.54, 1.807) is 82.6 Å². The molecule has 166 valence electrons. The first-order valence-corrected chi connectivity index (χ1v) is 9.96. The monoisotopic (exact) mass is 434 g/mol. The Kier molecular flexibility index (Phi) is 6.63. The van der Waals surface area contributed by atoms with E-state index in [2.05, 4.69) is 15.6 Å². The van der Waals surface area contributed by atoms with Crippen LogP contribution in [0.3, 0.4) is 0 Å². The van der Waals surface area contributed by atoms with E-state index in [-0.39, 0.29) is 5.91 Å². The van der Waals surface area contributed by atoms with Crippen LogP contribution < -0.4 is 21.1 Å². The fourth-order valence-corrected chi connectivity index (χ4v) is 2.83. The number of nitrogens with zero attached hydrogens (tertiary/aromatic N) is 1. The van der Waals surface area contributed by atoms with Gasteiger partial charge in [0, 0.05) is 17.3 Å². The zero-order valence-electron chi connectivity index (χ0n) is 18.4. The maximum atomic E-state index is 12.6. The van der Waals surface area contributed by atoms with E-state index in [0.29, 0.717) is 28.5 Å². The maximum Gasteiger partial charge on any atom is 0.413 e. The number of nitrogen functional groups attached to an aromatic ring is 1. The van der Waals surface area contributed by atoms with Crippen molar-refractivity contribution in [1.82, 2.24) is 4.98 Å². The molecule has 3 rings (SSSR count). The molecule has 3 aromatic rings. The smallest absolute Gasteiger partial charge is 0.413 e. The van der Waals surface area contributed by atoms with Gasteiger partial charge < -0.3 is 20.5 Å². The highest BCUT2D eigenvalue weighted by Crippen LogP contribution is 2.28. The number of ether oxygens (including phenoxy) is 2. The summed E-state index contributed by atoms with van der Waals surface area (Å²) in [6, 6.07) is 15.6. The van der Waals surface area contributed by atoms with Gasteiger partial charge in [0.2, 0.25) is 0 Å². The number of carbonyl (C=O) groups is 2. The number of rotatable bonds is 5. The van der Waals surface area contributed by atoms with Crippen molar-refractivity contribution < 1.29 is 19.1 Å². The number of pyridine rings is 1. The van der Waals surface area contributed by atoms with E-state index in [1.165, 1.54) is 0 Å². The third-order valence-corrected chi connectivity index (χ3v) is 4.38. The molecular weight excluding hydrogens is 408 g/mol. The van der Waals surface area contributed by atoms with E-state index < -0.39 is 11.7 Å². The van der Waals surface area contributed by atoms with Crippen LogP contribution in [0.2, 0.25) is 0 Å². The molecule has 1 aromatic heterocycles. The summed E-state index contributed by atoms with van der Waals surface area (Å²) in [6.07, 6.45) is 1.04. The van der Waals surface area contributed by atoms with Crippen molar-refractivity contribution in [2.75, 3.05) is 23.5 Å². The van der Waals surface area contributed by atoms with Crippen molar-refractivity contribution >= 4 is 29.2 Å². The average molecular weight is 434 g/mol. The maximum absolute atomic E-state index is 12.6. The Morgan fingerprint density at radius 1 is 0.938 bits per heavy atom. The van der Waals surface area contributed by atoms with Crippen molar-refractivity contribution in [2.24, 2.45) is 0 Å². The predicted octanol–water partition coefficient (Wildman–Crippen LogP) is 4.94. The molecule has 2 amide bonds. The molecule has 0 fully saturated rings. The lowest BCUT2D eigenvalue weighted by Crippen LogP contribution is -2.27. The van der Waals surface area contributed by atoms with Gasteiger partial charge in [-0.2, -0.15) is 0 Å². The fraction of sp³-hybridized carbons (Fsp3) is 0.208. The molecule has 0 radical (unpaired) electrons. The van der Waals surface area contributed by atoms with Crippen LogP contribution in [0.25, 0.3) is 11.1 Å². The Balaban J connectivity index is 1.73. The second kappa shape index (κ2) is 9.38. The summed E-state index contributed by atoms with van der Waals surface area (Å²) in [4.78, 5) is 28.7. The van der Waals surface area contributed by atoms with Crippen molar-refractivity contribution in [3.05, 3.63) is 66.4 Å². The molecular formula is C24H26N4O4. The van der Waals surface area contributed by atoms with Gasteiger partial charge >= 0.3 is 6.09 Å². The molecule has 0 saturated heterocycles. The minimum Gasteiger partial charge on any atom is -0.497 e. The van der Waals surface area contributed by atoms with Gasteiger partial charge in [-0.3, -0.25) is 10.1 Å². The summed E-state index contributed by atoms with van der Waals surface area (Å²) in [5.41, 5.74) is 8.46. The van der Waals surface area contributed by atoms with Crippen LogP contribution in [0.4, 0.5) is 22.0 Å². The molecule has 8 heteroatoms. The van der Waals surface area contributed by atoms with Gasteiger partial charge in [-0.15, -0.1) is 0 Å². The van der Waals surface area contributed by atoms with Gasteiger partial charge in [-0.1, -0.05) is 6.07 Å². The van der Waals surface area contributed by atoms with Crippen LogP contribution in [0.15, 0.2) is 60.8 Å². The molecule has 0 unspecified atom stereocenters. The largest absolute Gasteiger partial charge is 0.497 e. The molecule has 0 aliphatic rings.